The number of allylic oxidation sites excluding steroid dienone is 8. The fourth-order valence-electron chi connectivity index (χ4n) is 1.71. The Labute approximate surface area is 206 Å². The molecule has 0 radical (unpaired) electrons. The van der Waals surface area contributed by atoms with Crippen molar-refractivity contribution < 1.29 is 76.9 Å². The average molecular weight is 572 g/mol. The van der Waals surface area contributed by atoms with Gasteiger partial charge in [-0.25, -0.2) is 0 Å². The Hall–Kier alpha value is -0.757. The minimum absolute atomic E-state index is 0. The molecule has 0 spiro atoms. The van der Waals surface area contributed by atoms with E-state index in [2.05, 4.69) is 48.6 Å². The smallest absolute Gasteiger partial charge is 0.867 e. The van der Waals surface area contributed by atoms with Crippen LogP contribution < -0.4 is 15.1 Å². The monoisotopic (exact) mass is 572 g/mol. The van der Waals surface area contributed by atoms with Gasteiger partial charge in [-0.2, -0.15) is 0 Å². The topological polar surface area (TPSA) is 170 Å². The molecule has 2 aliphatic rings. The summed E-state index contributed by atoms with van der Waals surface area (Å²) in [5.74, 6) is 0. The third kappa shape index (κ3) is 115. The Morgan fingerprint density at radius 1 is 0.455 bits per heavy atom. The first kappa shape index (κ1) is 42.4. The van der Waals surface area contributed by atoms with Gasteiger partial charge in [-0.15, -0.1) is 0 Å². The molecule has 0 fully saturated rings. The third-order valence-electron chi connectivity index (χ3n) is 2.67. The summed E-state index contributed by atoms with van der Waals surface area (Å²) < 4.78 is 40.1. The number of rotatable bonds is 0. The molecule has 190 valence electrons. The van der Waals surface area contributed by atoms with Crippen LogP contribution >= 0.6 is 0 Å². The SMILES string of the molecule is C1=CCCC=CCC1.C1=CCCC=CCC1.OB(O)F.OB(O)F.[O-]B(O)F.[O-]B([O-])F.[Rh+3]. The Morgan fingerprint density at radius 3 is 0.576 bits per heavy atom. The normalized spacial score (nSPS) is 13.0. The van der Waals surface area contributed by atoms with Crippen molar-refractivity contribution in [3.05, 3.63) is 48.6 Å². The van der Waals surface area contributed by atoms with Gasteiger partial charge in [-0.3, -0.25) is 8.63 Å². The van der Waals surface area contributed by atoms with E-state index in [1.807, 2.05) is 0 Å². The molecular formula is C16H29B4F4O8Rh. The summed E-state index contributed by atoms with van der Waals surface area (Å²) in [7, 11) is -11.4. The Kier molecular flexibility index (Phi) is 49.5. The van der Waals surface area contributed by atoms with Crippen LogP contribution in [0.2, 0.25) is 0 Å². The summed E-state index contributed by atoms with van der Waals surface area (Å²) in [6.45, 7) is 0. The molecule has 0 aromatic heterocycles. The molecule has 0 aromatic carbocycles. The molecule has 5 N–H and O–H groups in total. The zero-order chi connectivity index (χ0) is 25.6. The first-order valence-corrected chi connectivity index (χ1v) is 9.47. The van der Waals surface area contributed by atoms with E-state index in [0.717, 1.165) is 0 Å². The van der Waals surface area contributed by atoms with E-state index in [1.54, 1.807) is 0 Å². The van der Waals surface area contributed by atoms with E-state index in [9.17, 15) is 17.3 Å². The molecule has 2 aliphatic carbocycles. The molecule has 0 amide bonds. The fraction of sp³-hybridized carbons (Fsp3) is 0.500. The molecule has 2 rings (SSSR count). The predicted molar refractivity (Wildman–Crippen MR) is 112 cm³/mol. The van der Waals surface area contributed by atoms with Crippen LogP contribution in [0.5, 0.6) is 0 Å². The zero-order valence-corrected chi connectivity index (χ0v) is 19.5. The molecule has 0 saturated carbocycles. The van der Waals surface area contributed by atoms with Crippen LogP contribution in [0.1, 0.15) is 51.4 Å². The molecule has 33 heavy (non-hydrogen) atoms. The van der Waals surface area contributed by atoms with Crippen molar-refractivity contribution in [3.8, 4) is 0 Å². The maximum atomic E-state index is 10.1. The van der Waals surface area contributed by atoms with Gasteiger partial charge in [0.05, 0.1) is 0 Å². The summed E-state index contributed by atoms with van der Waals surface area (Å²) in [6.07, 6.45) is 28.0. The standard InChI is InChI=1S/2C8H12.2BFH2O2.BFHO2.BFO2.Rh/c2*1-2-4-6-8-7-5-3-1;4*2-1(3)4;/h2*1-2,7-8H,3-6H2;2*3-4H;3H;;/q;;;;-1;-2;+3. The Balaban J connectivity index is -0.0000000984. The van der Waals surface area contributed by atoms with Crippen LogP contribution in [0.3, 0.4) is 0 Å². The molecule has 0 bridgehead atoms. The van der Waals surface area contributed by atoms with Crippen molar-refractivity contribution in [1.82, 2.24) is 0 Å². The summed E-state index contributed by atoms with van der Waals surface area (Å²) in [5.41, 5.74) is 0. The molecule has 17 heteroatoms. The molecule has 0 atom stereocenters. The Bertz CT molecular complexity index is 349. The number of hydrogen-bond acceptors (Lipinski definition) is 8. The van der Waals surface area contributed by atoms with E-state index < -0.39 is 29.6 Å². The van der Waals surface area contributed by atoms with E-state index in [0.29, 0.717) is 0 Å². The zero-order valence-electron chi connectivity index (χ0n) is 17.9. The second-order valence-corrected chi connectivity index (χ2v) is 5.38. The van der Waals surface area contributed by atoms with Crippen molar-refractivity contribution in [2.45, 2.75) is 51.4 Å². The summed E-state index contributed by atoms with van der Waals surface area (Å²) >= 11 is 0. The molecule has 0 aliphatic heterocycles. The van der Waals surface area contributed by atoms with Gasteiger partial charge >= 0.3 is 41.7 Å². The van der Waals surface area contributed by atoms with E-state index in [1.165, 1.54) is 51.4 Å². The fourth-order valence-corrected chi connectivity index (χ4v) is 1.71. The summed E-state index contributed by atoms with van der Waals surface area (Å²) in [6, 6.07) is 0. The van der Waals surface area contributed by atoms with Gasteiger partial charge in [0.1, 0.15) is 7.40 Å². The van der Waals surface area contributed by atoms with Gasteiger partial charge in [0.2, 0.25) is 0 Å². The van der Waals surface area contributed by atoms with Crippen LogP contribution in [0.15, 0.2) is 48.6 Å². The van der Waals surface area contributed by atoms with Gasteiger partial charge in [-0.1, -0.05) is 48.6 Å². The van der Waals surface area contributed by atoms with Crippen LogP contribution in [-0.2, 0) is 19.5 Å². The van der Waals surface area contributed by atoms with Crippen LogP contribution in [0.4, 0.5) is 17.3 Å². The second kappa shape index (κ2) is 38.5. The average Bonchev–Trinajstić information content (AvgIpc) is 2.51. The van der Waals surface area contributed by atoms with Gasteiger partial charge in [0.15, 0.2) is 0 Å². The maximum absolute atomic E-state index is 10.1. The number of halogens is 4. The van der Waals surface area contributed by atoms with Crippen molar-refractivity contribution >= 4 is 29.6 Å². The van der Waals surface area contributed by atoms with Crippen molar-refractivity contribution in [1.29, 1.82) is 0 Å². The van der Waals surface area contributed by atoms with Gasteiger partial charge < -0.3 is 48.8 Å². The van der Waals surface area contributed by atoms with Crippen molar-refractivity contribution in [2.75, 3.05) is 0 Å². The van der Waals surface area contributed by atoms with Gasteiger partial charge in [0.25, 0.3) is 0 Å². The summed E-state index contributed by atoms with van der Waals surface area (Å²) in [4.78, 5) is 0. The first-order chi connectivity index (χ1) is 14.9. The summed E-state index contributed by atoms with van der Waals surface area (Å²) in [5, 5.41) is 59.6. The van der Waals surface area contributed by atoms with Gasteiger partial charge in [0, 0.05) is 0 Å². The molecule has 0 aromatic rings. The number of hydrogen-bond donors (Lipinski definition) is 5. The molecule has 0 unspecified atom stereocenters. The largest absolute Gasteiger partial charge is 3.00 e. The minimum Gasteiger partial charge on any atom is -0.867 e. The Morgan fingerprint density at radius 2 is 0.515 bits per heavy atom. The van der Waals surface area contributed by atoms with E-state index in [-0.39, 0.29) is 19.5 Å². The second-order valence-electron chi connectivity index (χ2n) is 5.38. The predicted octanol–water partition coefficient (Wildman–Crippen LogP) is -0.851. The van der Waals surface area contributed by atoms with E-state index >= 15 is 0 Å². The maximum Gasteiger partial charge on any atom is 3.00 e. The molecule has 0 saturated heterocycles. The van der Waals surface area contributed by atoms with Gasteiger partial charge in [-0.05, 0) is 51.4 Å². The molecular weight excluding hydrogens is 542 g/mol. The van der Waals surface area contributed by atoms with E-state index in [4.69, 9.17) is 40.2 Å². The molecule has 8 nitrogen and oxygen atoms in total. The third-order valence-corrected chi connectivity index (χ3v) is 2.67. The van der Waals surface area contributed by atoms with Crippen LogP contribution in [-0.4, -0.2) is 54.7 Å². The minimum atomic E-state index is -3.17. The first-order valence-electron chi connectivity index (χ1n) is 9.47. The van der Waals surface area contributed by atoms with Crippen molar-refractivity contribution in [3.63, 3.8) is 0 Å². The van der Waals surface area contributed by atoms with Crippen LogP contribution in [0, 0.1) is 0 Å². The molecule has 0 heterocycles. The van der Waals surface area contributed by atoms with Crippen molar-refractivity contribution in [2.24, 2.45) is 0 Å². The van der Waals surface area contributed by atoms with Crippen LogP contribution in [0.25, 0.3) is 0 Å². The quantitative estimate of drug-likeness (QED) is 0.142.